The second-order valence-electron chi connectivity index (χ2n) is 7.48. The Kier molecular flexibility index (Phi) is 3.57. The van der Waals surface area contributed by atoms with Crippen molar-refractivity contribution < 1.29 is 14.3 Å². The zero-order chi connectivity index (χ0) is 14.8. The quantitative estimate of drug-likeness (QED) is 0.410. The van der Waals surface area contributed by atoms with Crippen molar-refractivity contribution in [1.82, 2.24) is 0 Å². The van der Waals surface area contributed by atoms with Crippen molar-refractivity contribution >= 4 is 28.6 Å². The van der Waals surface area contributed by atoms with E-state index < -0.39 is 0 Å². The van der Waals surface area contributed by atoms with E-state index in [-0.39, 0.29) is 9.89 Å². The molecule has 4 aliphatic rings. The molecule has 1 aliphatic heterocycles. The topological polar surface area (TPSA) is 35.5 Å². The average Bonchev–Trinajstić information content (AvgIpc) is 3.00. The van der Waals surface area contributed by atoms with Gasteiger partial charge in [0.25, 0.3) is 0 Å². The molecule has 2 bridgehead atoms. The summed E-state index contributed by atoms with van der Waals surface area (Å²) in [7, 11) is 0. The van der Waals surface area contributed by atoms with Gasteiger partial charge in [0.15, 0.2) is 0 Å². The highest BCUT2D eigenvalue weighted by Gasteiger charge is 2.72. The number of hydrogen-bond acceptors (Lipinski definition) is 3. The van der Waals surface area contributed by atoms with Gasteiger partial charge >= 0.3 is 5.97 Å². The maximum Gasteiger partial charge on any atom is 0.319 e. The summed E-state index contributed by atoms with van der Waals surface area (Å²) >= 11 is 2.32. The lowest BCUT2D eigenvalue weighted by Crippen LogP contribution is -2.40. The number of rotatable bonds is 3. The van der Waals surface area contributed by atoms with Crippen LogP contribution in [0.25, 0.3) is 0 Å². The molecule has 0 aromatic rings. The van der Waals surface area contributed by atoms with Gasteiger partial charge in [-0.05, 0) is 50.4 Å². The summed E-state index contributed by atoms with van der Waals surface area (Å²) in [5, 5.41) is 0. The molecule has 3 nitrogen and oxygen atoms in total. The Morgan fingerprint density at radius 3 is 2.90 bits per heavy atom. The first kappa shape index (κ1) is 14.7. The van der Waals surface area contributed by atoms with E-state index in [1.807, 2.05) is 6.92 Å². The highest BCUT2D eigenvalue weighted by atomic mass is 127. The van der Waals surface area contributed by atoms with Crippen LogP contribution in [0.1, 0.15) is 46.0 Å². The number of alkyl halides is 1. The Hall–Kier alpha value is 0.160. The summed E-state index contributed by atoms with van der Waals surface area (Å²) in [5.74, 6) is 2.45. The molecule has 0 aromatic carbocycles. The van der Waals surface area contributed by atoms with Gasteiger partial charge in [-0.3, -0.25) is 4.79 Å². The molecule has 4 heteroatoms. The maximum absolute atomic E-state index is 12.3. The van der Waals surface area contributed by atoms with E-state index in [4.69, 9.17) is 9.47 Å². The van der Waals surface area contributed by atoms with Crippen LogP contribution in [0.15, 0.2) is 0 Å². The molecule has 1 spiro atoms. The molecular formula is C17H25IO3. The minimum absolute atomic E-state index is 0.0343. The van der Waals surface area contributed by atoms with E-state index in [0.29, 0.717) is 36.1 Å². The second-order valence-corrected chi connectivity index (χ2v) is 8.82. The van der Waals surface area contributed by atoms with Crippen LogP contribution in [-0.2, 0) is 14.3 Å². The predicted molar refractivity (Wildman–Crippen MR) is 88.3 cm³/mol. The number of carbonyl (C=O) groups is 1. The Bertz CT molecular complexity index is 453. The lowest BCUT2D eigenvalue weighted by Gasteiger charge is -2.37. The largest absolute Gasteiger partial charge is 0.465 e. The van der Waals surface area contributed by atoms with Crippen LogP contribution in [0.2, 0.25) is 0 Å². The van der Waals surface area contributed by atoms with E-state index >= 15 is 0 Å². The fraction of sp³-hybridized carbons (Fsp3) is 0.941. The molecule has 3 aliphatic carbocycles. The third kappa shape index (κ3) is 1.78. The van der Waals surface area contributed by atoms with Crippen LogP contribution in [0.4, 0.5) is 0 Å². The Morgan fingerprint density at radius 2 is 2.14 bits per heavy atom. The molecule has 4 fully saturated rings. The fourth-order valence-corrected chi connectivity index (χ4v) is 7.68. The van der Waals surface area contributed by atoms with Crippen LogP contribution < -0.4 is 0 Å². The van der Waals surface area contributed by atoms with E-state index in [2.05, 4.69) is 29.5 Å². The van der Waals surface area contributed by atoms with E-state index in [1.54, 1.807) is 0 Å². The zero-order valence-corrected chi connectivity index (χ0v) is 15.0. The summed E-state index contributed by atoms with van der Waals surface area (Å²) in [6.45, 7) is 4.73. The molecule has 8 atom stereocenters. The first-order valence-corrected chi connectivity index (χ1v) is 9.82. The van der Waals surface area contributed by atoms with Crippen LogP contribution in [0.3, 0.4) is 0 Å². The van der Waals surface area contributed by atoms with Gasteiger partial charge in [-0.15, -0.1) is 0 Å². The molecular weight excluding hydrogens is 379 g/mol. The number of esters is 1. The van der Waals surface area contributed by atoms with Gasteiger partial charge in [-0.25, -0.2) is 0 Å². The number of ether oxygens (including phenoxy) is 2. The first-order chi connectivity index (χ1) is 10.1. The van der Waals surface area contributed by atoms with Crippen LogP contribution in [0.5, 0.6) is 0 Å². The lowest BCUT2D eigenvalue weighted by molar-refractivity contribution is -0.144. The number of halogens is 1. The Morgan fingerprint density at radius 1 is 1.38 bits per heavy atom. The normalized spacial score (nSPS) is 51.8. The smallest absolute Gasteiger partial charge is 0.319 e. The molecule has 2 unspecified atom stereocenters. The summed E-state index contributed by atoms with van der Waals surface area (Å²) in [6.07, 6.45) is 7.38. The van der Waals surface area contributed by atoms with E-state index in [1.165, 1.54) is 32.1 Å². The summed E-state index contributed by atoms with van der Waals surface area (Å²) in [5.41, 5.74) is 0.406. The molecule has 0 N–H and O–H groups in total. The molecule has 3 saturated carbocycles. The molecule has 1 heterocycles. The molecule has 21 heavy (non-hydrogen) atoms. The van der Waals surface area contributed by atoms with Gasteiger partial charge in [0.05, 0.1) is 18.8 Å². The van der Waals surface area contributed by atoms with Gasteiger partial charge in [-0.2, -0.15) is 0 Å². The average molecular weight is 404 g/mol. The lowest BCUT2D eigenvalue weighted by atomic mass is 9.64. The SMILES string of the molecule is CCOC(=O)C(I)[C@H]1C2O[C@H]3CCC[C@@]24[C@H](CC[C@@H]34)[C@@H]1C. The van der Waals surface area contributed by atoms with Crippen LogP contribution in [-0.4, -0.2) is 28.7 Å². The van der Waals surface area contributed by atoms with E-state index in [9.17, 15) is 4.79 Å². The van der Waals surface area contributed by atoms with Crippen molar-refractivity contribution in [2.45, 2.75) is 62.1 Å². The molecule has 118 valence electrons. The van der Waals surface area contributed by atoms with Gasteiger partial charge in [-0.1, -0.05) is 35.9 Å². The molecule has 4 rings (SSSR count). The monoisotopic (exact) mass is 404 g/mol. The first-order valence-electron chi connectivity index (χ1n) is 8.57. The zero-order valence-electron chi connectivity index (χ0n) is 12.9. The standard InChI is InChI=1S/C17H25IO3/c1-3-20-16(19)14(18)13-9(2)10-6-7-11-12-5-4-8-17(10,11)15(13)21-12/h9-15H,3-8H2,1-2H3/t9-,10+,11-,12-,13-,14?,15?,17-/m0/s1. The highest BCUT2D eigenvalue weighted by molar-refractivity contribution is 14.1. The van der Waals surface area contributed by atoms with Crippen LogP contribution in [0, 0.1) is 29.1 Å². The minimum Gasteiger partial charge on any atom is -0.465 e. The Balaban J connectivity index is 1.67. The predicted octanol–water partition coefficient (Wildman–Crippen LogP) is 3.58. The third-order valence-corrected chi connectivity index (χ3v) is 8.35. The van der Waals surface area contributed by atoms with Gasteiger partial charge in [0.1, 0.15) is 3.92 Å². The summed E-state index contributed by atoms with van der Waals surface area (Å²) < 4.78 is 11.8. The van der Waals surface area contributed by atoms with Crippen molar-refractivity contribution in [2.24, 2.45) is 29.1 Å². The van der Waals surface area contributed by atoms with Crippen molar-refractivity contribution in [3.05, 3.63) is 0 Å². The van der Waals surface area contributed by atoms with Crippen LogP contribution >= 0.6 is 22.6 Å². The third-order valence-electron chi connectivity index (χ3n) is 7.01. The summed E-state index contributed by atoms with van der Waals surface area (Å²) in [4.78, 5) is 12.3. The fourth-order valence-electron chi connectivity index (χ4n) is 6.47. The Labute approximate surface area is 140 Å². The van der Waals surface area contributed by atoms with Gasteiger partial charge in [0, 0.05) is 11.3 Å². The molecule has 0 amide bonds. The number of hydrogen-bond donors (Lipinski definition) is 0. The van der Waals surface area contributed by atoms with Crippen molar-refractivity contribution in [2.75, 3.05) is 6.61 Å². The van der Waals surface area contributed by atoms with E-state index in [0.717, 1.165) is 11.8 Å². The van der Waals surface area contributed by atoms with Crippen molar-refractivity contribution in [1.29, 1.82) is 0 Å². The highest BCUT2D eigenvalue weighted by Crippen LogP contribution is 2.72. The number of carbonyl (C=O) groups excluding carboxylic acids is 1. The summed E-state index contributed by atoms with van der Waals surface area (Å²) in [6, 6.07) is 0. The van der Waals surface area contributed by atoms with Gasteiger partial charge < -0.3 is 9.47 Å². The molecule has 0 aromatic heterocycles. The maximum atomic E-state index is 12.3. The molecule has 1 saturated heterocycles. The van der Waals surface area contributed by atoms with Crippen molar-refractivity contribution in [3.63, 3.8) is 0 Å². The van der Waals surface area contributed by atoms with Crippen molar-refractivity contribution in [3.8, 4) is 0 Å². The second kappa shape index (κ2) is 5.08. The minimum atomic E-state index is -0.0532. The van der Waals surface area contributed by atoms with Gasteiger partial charge in [0.2, 0.25) is 0 Å². The molecule has 0 radical (unpaired) electrons.